The first-order valence-corrected chi connectivity index (χ1v) is 8.69. The van der Waals surface area contributed by atoms with Crippen LogP contribution in [0.2, 0.25) is 0 Å². The summed E-state index contributed by atoms with van der Waals surface area (Å²) in [6, 6.07) is 6.04. The summed E-state index contributed by atoms with van der Waals surface area (Å²) >= 11 is 0. The van der Waals surface area contributed by atoms with Crippen LogP contribution in [0.3, 0.4) is 0 Å². The summed E-state index contributed by atoms with van der Waals surface area (Å²) < 4.78 is 13.7. The van der Waals surface area contributed by atoms with E-state index in [0.29, 0.717) is 25.7 Å². The van der Waals surface area contributed by atoms with E-state index in [0.717, 1.165) is 23.7 Å². The zero-order valence-electron chi connectivity index (χ0n) is 16.2. The van der Waals surface area contributed by atoms with Gasteiger partial charge in [0.05, 0.1) is 13.1 Å². The van der Waals surface area contributed by atoms with Gasteiger partial charge in [-0.05, 0) is 19.9 Å². The van der Waals surface area contributed by atoms with Crippen molar-refractivity contribution in [3.8, 4) is 11.5 Å². The van der Waals surface area contributed by atoms with E-state index in [1.54, 1.807) is 11.7 Å². The molecule has 9 heteroatoms. The van der Waals surface area contributed by atoms with Gasteiger partial charge in [0.2, 0.25) is 0 Å². The predicted octanol–water partition coefficient (Wildman–Crippen LogP) is 1.89. The van der Waals surface area contributed by atoms with Crippen LogP contribution in [0.15, 0.2) is 29.5 Å². The van der Waals surface area contributed by atoms with Crippen molar-refractivity contribution in [3.63, 3.8) is 0 Å². The maximum atomic E-state index is 6.02. The first-order valence-electron chi connectivity index (χ1n) is 8.69. The average molecular weight is 486 g/mol. The van der Waals surface area contributed by atoms with Crippen LogP contribution in [0, 0.1) is 0 Å². The lowest BCUT2D eigenvalue weighted by Gasteiger charge is -2.18. The number of fused-ring (bicyclic) bond motifs is 1. The molecule has 27 heavy (non-hydrogen) atoms. The number of nitrogens with zero attached hydrogens (tertiary/aromatic N) is 4. The number of guanidine groups is 1. The van der Waals surface area contributed by atoms with Gasteiger partial charge in [-0.3, -0.25) is 9.67 Å². The number of nitrogens with one attached hydrogen (secondary N) is 2. The molecule has 2 heterocycles. The standard InChI is InChI=1S/C18H26N6O2.HI/c1-18(2)10-13-6-5-7-14(16(13)26-18)25-9-8-20-17(19-3)21-11-15-22-12-23-24(15)4;/h5-7,12H,8-11H2,1-4H3,(H2,19,20,21);1H. The molecule has 0 saturated carbocycles. The van der Waals surface area contributed by atoms with E-state index in [9.17, 15) is 0 Å². The van der Waals surface area contributed by atoms with Crippen molar-refractivity contribution in [2.24, 2.45) is 12.0 Å². The SMILES string of the molecule is CN=C(NCCOc1cccc2c1OC(C)(C)C2)NCc1ncnn1C.I. The van der Waals surface area contributed by atoms with Crippen LogP contribution >= 0.6 is 24.0 Å². The van der Waals surface area contributed by atoms with E-state index in [2.05, 4.69) is 45.6 Å². The van der Waals surface area contributed by atoms with Gasteiger partial charge in [0.25, 0.3) is 0 Å². The molecule has 1 aromatic heterocycles. The van der Waals surface area contributed by atoms with Gasteiger partial charge in [-0.1, -0.05) is 12.1 Å². The monoisotopic (exact) mass is 486 g/mol. The van der Waals surface area contributed by atoms with Crippen molar-refractivity contribution in [1.82, 2.24) is 25.4 Å². The van der Waals surface area contributed by atoms with Gasteiger partial charge in [0, 0.05) is 26.1 Å². The molecule has 2 N–H and O–H groups in total. The summed E-state index contributed by atoms with van der Waals surface area (Å²) in [4.78, 5) is 8.37. The Balaban J connectivity index is 0.00000261. The van der Waals surface area contributed by atoms with E-state index >= 15 is 0 Å². The van der Waals surface area contributed by atoms with Gasteiger partial charge in [-0.2, -0.15) is 5.10 Å². The molecule has 0 aliphatic carbocycles. The first kappa shape index (κ1) is 21.3. The van der Waals surface area contributed by atoms with Gasteiger partial charge in [0.15, 0.2) is 17.5 Å². The van der Waals surface area contributed by atoms with E-state index < -0.39 is 0 Å². The number of halogens is 1. The molecule has 148 valence electrons. The highest BCUT2D eigenvalue weighted by Crippen LogP contribution is 2.41. The van der Waals surface area contributed by atoms with Crippen LogP contribution in [-0.2, 0) is 20.0 Å². The van der Waals surface area contributed by atoms with Crippen LogP contribution in [-0.4, -0.2) is 46.5 Å². The molecular weight excluding hydrogens is 459 g/mol. The third-order valence-corrected chi connectivity index (χ3v) is 4.15. The molecule has 0 unspecified atom stereocenters. The number of para-hydroxylation sites is 1. The summed E-state index contributed by atoms with van der Waals surface area (Å²) in [5, 5.41) is 10.5. The Labute approximate surface area is 176 Å². The topological polar surface area (TPSA) is 85.6 Å². The minimum Gasteiger partial charge on any atom is -0.488 e. The van der Waals surface area contributed by atoms with Crippen molar-refractivity contribution in [2.45, 2.75) is 32.4 Å². The van der Waals surface area contributed by atoms with E-state index in [-0.39, 0.29) is 29.6 Å². The van der Waals surface area contributed by atoms with E-state index in [4.69, 9.17) is 9.47 Å². The van der Waals surface area contributed by atoms with Gasteiger partial charge < -0.3 is 20.1 Å². The summed E-state index contributed by atoms with van der Waals surface area (Å²) in [5.74, 6) is 3.18. The Morgan fingerprint density at radius 3 is 2.89 bits per heavy atom. The minimum atomic E-state index is -0.175. The first-order chi connectivity index (χ1) is 12.5. The van der Waals surface area contributed by atoms with Gasteiger partial charge in [-0.15, -0.1) is 24.0 Å². The Kier molecular flexibility index (Phi) is 7.28. The number of benzene rings is 1. The maximum absolute atomic E-state index is 6.02. The molecule has 0 spiro atoms. The Morgan fingerprint density at radius 2 is 2.19 bits per heavy atom. The van der Waals surface area contributed by atoms with Gasteiger partial charge in [0.1, 0.15) is 24.4 Å². The van der Waals surface area contributed by atoms with Crippen molar-refractivity contribution in [1.29, 1.82) is 0 Å². The fraction of sp³-hybridized carbons (Fsp3) is 0.500. The van der Waals surface area contributed by atoms with Crippen LogP contribution in [0.4, 0.5) is 0 Å². The lowest BCUT2D eigenvalue weighted by Crippen LogP contribution is -2.39. The summed E-state index contributed by atoms with van der Waals surface area (Å²) in [7, 11) is 3.59. The quantitative estimate of drug-likeness (QED) is 0.281. The highest BCUT2D eigenvalue weighted by Gasteiger charge is 2.32. The van der Waals surface area contributed by atoms with Crippen LogP contribution < -0.4 is 20.1 Å². The fourth-order valence-corrected chi connectivity index (χ4v) is 2.90. The normalized spacial score (nSPS) is 14.7. The lowest BCUT2D eigenvalue weighted by molar-refractivity contribution is 0.132. The van der Waals surface area contributed by atoms with E-state index in [1.807, 2.05) is 19.2 Å². The van der Waals surface area contributed by atoms with Crippen molar-refractivity contribution < 1.29 is 9.47 Å². The molecule has 1 aliphatic heterocycles. The lowest BCUT2D eigenvalue weighted by atomic mass is 10.0. The van der Waals surface area contributed by atoms with Gasteiger partial charge in [-0.25, -0.2) is 4.98 Å². The van der Waals surface area contributed by atoms with Gasteiger partial charge >= 0.3 is 0 Å². The highest BCUT2D eigenvalue weighted by molar-refractivity contribution is 14.0. The van der Waals surface area contributed by atoms with Crippen molar-refractivity contribution in [3.05, 3.63) is 35.9 Å². The summed E-state index contributed by atoms with van der Waals surface area (Å²) in [6.07, 6.45) is 2.43. The molecule has 3 rings (SSSR count). The third-order valence-electron chi connectivity index (χ3n) is 4.15. The molecule has 0 bridgehead atoms. The molecule has 0 radical (unpaired) electrons. The number of hydrogen-bond acceptors (Lipinski definition) is 5. The highest BCUT2D eigenvalue weighted by atomic mass is 127. The molecule has 0 amide bonds. The molecule has 0 atom stereocenters. The molecule has 8 nitrogen and oxygen atoms in total. The molecule has 2 aromatic rings. The molecular formula is C18H27IN6O2. The Morgan fingerprint density at radius 1 is 1.37 bits per heavy atom. The smallest absolute Gasteiger partial charge is 0.191 e. The Hall–Kier alpha value is -2.04. The molecule has 0 fully saturated rings. The second kappa shape index (κ2) is 9.25. The summed E-state index contributed by atoms with van der Waals surface area (Å²) in [6.45, 7) is 5.85. The van der Waals surface area contributed by atoms with Crippen LogP contribution in [0.1, 0.15) is 25.2 Å². The third kappa shape index (κ3) is 5.47. The van der Waals surface area contributed by atoms with E-state index in [1.165, 1.54) is 11.9 Å². The fourth-order valence-electron chi connectivity index (χ4n) is 2.90. The number of hydrogen-bond donors (Lipinski definition) is 2. The zero-order chi connectivity index (χ0) is 18.6. The number of ether oxygens (including phenoxy) is 2. The predicted molar refractivity (Wildman–Crippen MR) is 115 cm³/mol. The van der Waals surface area contributed by atoms with Crippen LogP contribution in [0.5, 0.6) is 11.5 Å². The molecule has 1 aliphatic rings. The zero-order valence-corrected chi connectivity index (χ0v) is 18.5. The molecule has 1 aromatic carbocycles. The largest absolute Gasteiger partial charge is 0.488 e. The second-order valence-electron chi connectivity index (χ2n) is 6.78. The second-order valence-corrected chi connectivity index (χ2v) is 6.78. The van der Waals surface area contributed by atoms with Crippen molar-refractivity contribution >= 4 is 29.9 Å². The minimum absolute atomic E-state index is 0. The van der Waals surface area contributed by atoms with Crippen molar-refractivity contribution in [2.75, 3.05) is 20.2 Å². The average Bonchev–Trinajstić information content (AvgIpc) is 3.15. The Bertz CT molecular complexity index is 790. The van der Waals surface area contributed by atoms with Crippen LogP contribution in [0.25, 0.3) is 0 Å². The summed E-state index contributed by atoms with van der Waals surface area (Å²) in [5.41, 5.74) is 1.02. The number of aromatic nitrogens is 3. The number of aliphatic imine (C=N–C) groups is 1. The molecule has 0 saturated heterocycles. The maximum Gasteiger partial charge on any atom is 0.191 e. The number of aryl methyl sites for hydroxylation is 1. The number of rotatable bonds is 6.